The monoisotopic (exact) mass is 147 g/mol. The molecule has 3 N–H and O–H groups in total. The van der Waals surface area contributed by atoms with Gasteiger partial charge in [-0.05, 0) is 13.8 Å². The van der Waals surface area contributed by atoms with E-state index in [2.05, 4.69) is 0 Å². The first kappa shape index (κ1) is 11.5. The van der Waals surface area contributed by atoms with Gasteiger partial charge >= 0.3 is 6.16 Å². The number of rotatable bonds is 0. The normalized spacial score (nSPS) is 8.60. The van der Waals surface area contributed by atoms with Gasteiger partial charge in [0.2, 0.25) is 0 Å². The molecule has 5 nitrogen and oxygen atoms in total. The van der Waals surface area contributed by atoms with E-state index < -0.39 is 11.8 Å². The fourth-order valence-corrected chi connectivity index (χ4v) is 0. The van der Waals surface area contributed by atoms with Crippen molar-refractivity contribution in [1.29, 1.82) is 5.26 Å². The summed E-state index contributed by atoms with van der Waals surface area (Å²) in [6.07, 6.45) is -1.83. The topological polar surface area (TPSA) is 102 Å². The van der Waals surface area contributed by atoms with Crippen molar-refractivity contribution in [3.8, 4) is 6.07 Å². The molecular formula is C5H9NO4. The Labute approximate surface area is 58.1 Å². The van der Waals surface area contributed by atoms with Crippen molar-refractivity contribution < 1.29 is 20.1 Å². The Morgan fingerprint density at radius 1 is 1.50 bits per heavy atom. The molecule has 0 bridgehead atoms. The Hall–Kier alpha value is -1.28. The lowest BCUT2D eigenvalue weighted by atomic mass is 10.2. The average Bonchev–Trinajstić information content (AvgIpc) is 1.63. The molecular weight excluding hydrogens is 138 g/mol. The highest BCUT2D eigenvalue weighted by atomic mass is 16.6. The lowest BCUT2D eigenvalue weighted by Gasteiger charge is -2.00. The number of hydrogen-bond donors (Lipinski definition) is 3. The van der Waals surface area contributed by atoms with Crippen LogP contribution in [0, 0.1) is 11.3 Å². The summed E-state index contributed by atoms with van der Waals surface area (Å²) in [5, 5.41) is 30.3. The van der Waals surface area contributed by atoms with Crippen LogP contribution < -0.4 is 0 Å². The summed E-state index contributed by atoms with van der Waals surface area (Å²) in [6.45, 7) is 2.88. The van der Waals surface area contributed by atoms with E-state index in [0.717, 1.165) is 0 Å². The third-order valence-corrected chi connectivity index (χ3v) is 0.274. The fourth-order valence-electron chi connectivity index (χ4n) is 0. The number of carbonyl (C=O) groups is 1. The summed E-state index contributed by atoms with van der Waals surface area (Å²) >= 11 is 0. The van der Waals surface area contributed by atoms with Crippen molar-refractivity contribution in [2.75, 3.05) is 0 Å². The molecule has 0 amide bonds. The van der Waals surface area contributed by atoms with Crippen molar-refractivity contribution in [3.05, 3.63) is 0 Å². The van der Waals surface area contributed by atoms with Crippen molar-refractivity contribution in [3.63, 3.8) is 0 Å². The Morgan fingerprint density at radius 3 is 1.60 bits per heavy atom. The van der Waals surface area contributed by atoms with Crippen molar-refractivity contribution in [2.45, 2.75) is 19.4 Å². The fraction of sp³-hybridized carbons (Fsp3) is 0.600. The number of aliphatic hydroxyl groups is 1. The highest BCUT2D eigenvalue weighted by molar-refractivity contribution is 5.53. The molecule has 0 rings (SSSR count). The van der Waals surface area contributed by atoms with Gasteiger partial charge in [0, 0.05) is 0 Å². The molecule has 0 saturated heterocycles. The summed E-state index contributed by atoms with van der Waals surface area (Å²) in [7, 11) is 0. The molecule has 0 aromatic carbocycles. The van der Waals surface area contributed by atoms with Crippen LogP contribution in [0.1, 0.15) is 13.8 Å². The molecule has 0 heterocycles. The molecule has 10 heavy (non-hydrogen) atoms. The molecule has 0 aliphatic carbocycles. The van der Waals surface area contributed by atoms with Crippen LogP contribution >= 0.6 is 0 Å². The molecule has 58 valence electrons. The zero-order valence-corrected chi connectivity index (χ0v) is 5.70. The Morgan fingerprint density at radius 2 is 1.60 bits per heavy atom. The van der Waals surface area contributed by atoms with Crippen LogP contribution in [0.3, 0.4) is 0 Å². The molecule has 0 saturated carbocycles. The van der Waals surface area contributed by atoms with E-state index >= 15 is 0 Å². The van der Waals surface area contributed by atoms with Crippen LogP contribution in [0.5, 0.6) is 0 Å². The number of hydrogen-bond acceptors (Lipinski definition) is 3. The number of nitriles is 1. The third-order valence-electron chi connectivity index (χ3n) is 0.274. The quantitative estimate of drug-likeness (QED) is 0.433. The zero-order valence-electron chi connectivity index (χ0n) is 5.70. The smallest absolute Gasteiger partial charge is 0.450 e. The van der Waals surface area contributed by atoms with E-state index in [0.29, 0.717) is 0 Å². The van der Waals surface area contributed by atoms with Gasteiger partial charge in [-0.2, -0.15) is 5.26 Å². The minimum absolute atomic E-state index is 1.15. The van der Waals surface area contributed by atoms with Gasteiger partial charge in [-0.25, -0.2) is 4.79 Å². The molecule has 0 aliphatic heterocycles. The van der Waals surface area contributed by atoms with E-state index in [4.69, 9.17) is 25.4 Å². The molecule has 0 fully saturated rings. The van der Waals surface area contributed by atoms with Gasteiger partial charge < -0.3 is 15.3 Å². The second-order valence-corrected chi connectivity index (χ2v) is 1.95. The van der Waals surface area contributed by atoms with Crippen molar-refractivity contribution in [1.82, 2.24) is 0 Å². The Kier molecular flexibility index (Phi) is 5.28. The van der Waals surface area contributed by atoms with Gasteiger partial charge in [0.15, 0.2) is 0 Å². The number of carboxylic acid groups (broad SMARTS) is 2. The molecule has 0 atom stereocenters. The van der Waals surface area contributed by atoms with Gasteiger partial charge in [-0.3, -0.25) is 0 Å². The summed E-state index contributed by atoms with van der Waals surface area (Å²) in [4.78, 5) is 8.56. The summed E-state index contributed by atoms with van der Waals surface area (Å²) < 4.78 is 0. The summed E-state index contributed by atoms with van der Waals surface area (Å²) in [5.41, 5.74) is -1.15. The minimum atomic E-state index is -1.83. The van der Waals surface area contributed by atoms with Crippen LogP contribution in [0.25, 0.3) is 0 Å². The summed E-state index contributed by atoms with van der Waals surface area (Å²) in [6, 6.07) is 1.66. The van der Waals surface area contributed by atoms with Crippen LogP contribution in [0.4, 0.5) is 4.79 Å². The average molecular weight is 147 g/mol. The molecule has 0 aliphatic rings. The SMILES string of the molecule is CC(C)(O)C#N.O=C(O)O. The van der Waals surface area contributed by atoms with Gasteiger partial charge in [-0.1, -0.05) is 0 Å². The van der Waals surface area contributed by atoms with Gasteiger partial charge in [0.05, 0.1) is 6.07 Å². The lowest BCUT2D eigenvalue weighted by Crippen LogP contribution is -2.13. The maximum Gasteiger partial charge on any atom is 0.503 e. The maximum atomic E-state index is 8.56. The van der Waals surface area contributed by atoms with Gasteiger partial charge in [0.25, 0.3) is 0 Å². The van der Waals surface area contributed by atoms with Crippen LogP contribution in [-0.2, 0) is 0 Å². The predicted molar refractivity (Wildman–Crippen MR) is 32.6 cm³/mol. The first-order chi connectivity index (χ1) is 4.29. The molecule has 0 aromatic rings. The highest BCUT2D eigenvalue weighted by Gasteiger charge is 2.07. The van der Waals surface area contributed by atoms with Crippen molar-refractivity contribution in [2.24, 2.45) is 0 Å². The first-order valence-electron chi connectivity index (χ1n) is 2.35. The Balaban J connectivity index is 0. The Bertz CT molecular complexity index is 137. The first-order valence-corrected chi connectivity index (χ1v) is 2.35. The standard InChI is InChI=1S/C4H7NO.CH2O3/c1-4(2,6)3-5;2-1(3)4/h6H,1-2H3;(H2,2,3,4). The maximum absolute atomic E-state index is 8.56. The van der Waals surface area contributed by atoms with Crippen LogP contribution in [0.2, 0.25) is 0 Å². The lowest BCUT2D eigenvalue weighted by molar-refractivity contribution is 0.136. The van der Waals surface area contributed by atoms with E-state index in [9.17, 15) is 0 Å². The number of nitrogens with zero attached hydrogens (tertiary/aromatic N) is 1. The summed E-state index contributed by atoms with van der Waals surface area (Å²) in [5.74, 6) is 0. The van der Waals surface area contributed by atoms with Gasteiger partial charge in [0.1, 0.15) is 5.60 Å². The van der Waals surface area contributed by atoms with Crippen molar-refractivity contribution >= 4 is 6.16 Å². The van der Waals surface area contributed by atoms with E-state index in [1.54, 1.807) is 6.07 Å². The molecule has 0 spiro atoms. The molecule has 0 aromatic heterocycles. The zero-order chi connectivity index (χ0) is 8.78. The third kappa shape index (κ3) is 74.3. The second kappa shape index (κ2) is 4.58. The van der Waals surface area contributed by atoms with Crippen LogP contribution in [-0.4, -0.2) is 27.1 Å². The second-order valence-electron chi connectivity index (χ2n) is 1.95. The van der Waals surface area contributed by atoms with E-state index in [1.807, 2.05) is 0 Å². The van der Waals surface area contributed by atoms with Gasteiger partial charge in [-0.15, -0.1) is 0 Å². The van der Waals surface area contributed by atoms with E-state index in [-0.39, 0.29) is 0 Å². The molecule has 0 unspecified atom stereocenters. The molecule has 0 radical (unpaired) electrons. The molecule has 5 heteroatoms. The largest absolute Gasteiger partial charge is 0.503 e. The predicted octanol–water partition coefficient (Wildman–Crippen LogP) is 0.503. The highest BCUT2D eigenvalue weighted by Crippen LogP contribution is 1.93. The minimum Gasteiger partial charge on any atom is -0.450 e. The van der Waals surface area contributed by atoms with Crippen LogP contribution in [0.15, 0.2) is 0 Å². The van der Waals surface area contributed by atoms with E-state index in [1.165, 1.54) is 13.8 Å².